The van der Waals surface area contributed by atoms with Crippen LogP contribution >= 0.6 is 0 Å². The van der Waals surface area contributed by atoms with Gasteiger partial charge in [0.2, 0.25) is 0 Å². The van der Waals surface area contributed by atoms with E-state index in [1.165, 1.54) is 12.8 Å². The first-order valence-corrected chi connectivity index (χ1v) is 6.00. The van der Waals surface area contributed by atoms with Gasteiger partial charge in [0.05, 0.1) is 0 Å². The van der Waals surface area contributed by atoms with Crippen LogP contribution in [0.15, 0.2) is 0 Å². The Morgan fingerprint density at radius 3 is 1.86 bits per heavy atom. The molecule has 0 N–H and O–H groups in total. The lowest BCUT2D eigenvalue weighted by Crippen LogP contribution is -2.51. The summed E-state index contributed by atoms with van der Waals surface area (Å²) in [4.78, 5) is 2.79. The first-order chi connectivity index (χ1) is 6.21. The van der Waals surface area contributed by atoms with Crippen molar-refractivity contribution in [1.82, 2.24) is 4.90 Å². The molecule has 0 aromatic carbocycles. The molecule has 2 aliphatic rings. The monoisotopic (exact) mass is 195 g/mol. The van der Waals surface area contributed by atoms with E-state index in [1.807, 2.05) is 0 Å². The first kappa shape index (κ1) is 10.5. The van der Waals surface area contributed by atoms with Gasteiger partial charge in [-0.05, 0) is 44.9 Å². The van der Waals surface area contributed by atoms with Gasteiger partial charge in [-0.25, -0.2) is 0 Å². The van der Waals surface area contributed by atoms with Crippen molar-refractivity contribution >= 4 is 0 Å². The average Bonchev–Trinajstić information content (AvgIpc) is 2.56. The average molecular weight is 195 g/mol. The van der Waals surface area contributed by atoms with Crippen LogP contribution in [0.2, 0.25) is 0 Å². The van der Waals surface area contributed by atoms with Crippen LogP contribution < -0.4 is 0 Å². The molecule has 2 fully saturated rings. The Labute approximate surface area is 88.9 Å². The normalized spacial score (nSPS) is 38.6. The van der Waals surface area contributed by atoms with Crippen molar-refractivity contribution in [3.05, 3.63) is 0 Å². The van der Waals surface area contributed by atoms with Crippen molar-refractivity contribution < 1.29 is 0 Å². The lowest BCUT2D eigenvalue weighted by Gasteiger charge is -2.45. The third-order valence-corrected chi connectivity index (χ3v) is 3.88. The number of hydrogen-bond acceptors (Lipinski definition) is 1. The molecule has 1 aliphatic heterocycles. The van der Waals surface area contributed by atoms with Crippen LogP contribution in [-0.4, -0.2) is 22.5 Å². The van der Waals surface area contributed by atoms with Crippen LogP contribution in [0.1, 0.15) is 54.4 Å². The van der Waals surface area contributed by atoms with Gasteiger partial charge in [-0.1, -0.05) is 20.8 Å². The molecule has 0 spiro atoms. The fraction of sp³-hybridized carbons (Fsp3) is 1.00. The molecule has 82 valence electrons. The van der Waals surface area contributed by atoms with E-state index in [2.05, 4.69) is 46.4 Å². The minimum absolute atomic E-state index is 0.355. The van der Waals surface area contributed by atoms with Gasteiger partial charge in [-0.3, -0.25) is 4.90 Å². The van der Waals surface area contributed by atoms with Gasteiger partial charge in [0.25, 0.3) is 0 Å². The van der Waals surface area contributed by atoms with Gasteiger partial charge in [-0.2, -0.15) is 0 Å². The van der Waals surface area contributed by atoms with Crippen LogP contribution in [0.4, 0.5) is 0 Å². The highest BCUT2D eigenvalue weighted by atomic mass is 15.3. The van der Waals surface area contributed by atoms with Crippen molar-refractivity contribution in [3.8, 4) is 0 Å². The molecule has 0 unspecified atom stereocenters. The molecule has 0 aromatic rings. The van der Waals surface area contributed by atoms with Crippen LogP contribution in [0.25, 0.3) is 0 Å². The minimum Gasteiger partial charge on any atom is -0.292 e. The van der Waals surface area contributed by atoms with Gasteiger partial charge in [0.15, 0.2) is 0 Å². The standard InChI is InChI=1S/C13H25N/c1-12(2,3)11-8-9-7-10(9)14(11)13(4,5)6/h9-11H,7-8H2,1-6H3/t9-,10-,11-/m0/s1. The van der Waals surface area contributed by atoms with E-state index in [-0.39, 0.29) is 0 Å². The third kappa shape index (κ3) is 1.60. The lowest BCUT2D eigenvalue weighted by atomic mass is 9.82. The maximum absolute atomic E-state index is 2.79. The molecule has 3 atom stereocenters. The van der Waals surface area contributed by atoms with E-state index >= 15 is 0 Å². The summed E-state index contributed by atoms with van der Waals surface area (Å²) in [6.07, 6.45) is 2.90. The molecule has 0 aromatic heterocycles. The van der Waals surface area contributed by atoms with Gasteiger partial charge < -0.3 is 0 Å². The van der Waals surface area contributed by atoms with Crippen molar-refractivity contribution in [2.75, 3.05) is 0 Å². The molecule has 1 heteroatoms. The molecular weight excluding hydrogens is 170 g/mol. The predicted molar refractivity (Wildman–Crippen MR) is 61.3 cm³/mol. The highest BCUT2D eigenvalue weighted by Gasteiger charge is 2.57. The molecule has 1 aliphatic carbocycles. The topological polar surface area (TPSA) is 3.24 Å². The van der Waals surface area contributed by atoms with Gasteiger partial charge in [-0.15, -0.1) is 0 Å². The smallest absolute Gasteiger partial charge is 0.0155 e. The zero-order chi connectivity index (χ0) is 10.7. The highest BCUT2D eigenvalue weighted by molar-refractivity contribution is 5.11. The second-order valence-corrected chi connectivity index (χ2v) is 7.26. The van der Waals surface area contributed by atoms with Crippen LogP contribution in [-0.2, 0) is 0 Å². The molecule has 14 heavy (non-hydrogen) atoms. The summed E-state index contributed by atoms with van der Waals surface area (Å²) in [5.74, 6) is 1.03. The molecule has 1 heterocycles. The summed E-state index contributed by atoms with van der Waals surface area (Å²) < 4.78 is 0. The van der Waals surface area contributed by atoms with E-state index in [1.54, 1.807) is 0 Å². The zero-order valence-corrected chi connectivity index (χ0v) is 10.6. The highest BCUT2D eigenvalue weighted by Crippen LogP contribution is 2.54. The first-order valence-electron chi connectivity index (χ1n) is 6.00. The van der Waals surface area contributed by atoms with Crippen LogP contribution in [0.3, 0.4) is 0 Å². The van der Waals surface area contributed by atoms with E-state index in [0.29, 0.717) is 11.0 Å². The van der Waals surface area contributed by atoms with Crippen LogP contribution in [0.5, 0.6) is 0 Å². The second-order valence-electron chi connectivity index (χ2n) is 7.26. The molecule has 1 saturated carbocycles. The fourth-order valence-corrected chi connectivity index (χ4v) is 3.19. The Bertz CT molecular complexity index is 231. The number of nitrogens with zero attached hydrogens (tertiary/aromatic N) is 1. The van der Waals surface area contributed by atoms with Gasteiger partial charge >= 0.3 is 0 Å². The summed E-state index contributed by atoms with van der Waals surface area (Å²) in [6, 6.07) is 1.71. The Kier molecular flexibility index (Phi) is 2.06. The fourth-order valence-electron chi connectivity index (χ4n) is 3.19. The largest absolute Gasteiger partial charge is 0.292 e. The molecule has 0 bridgehead atoms. The van der Waals surface area contributed by atoms with E-state index in [0.717, 1.165) is 18.0 Å². The summed E-state index contributed by atoms with van der Waals surface area (Å²) in [5, 5.41) is 0. The molecule has 1 nitrogen and oxygen atoms in total. The maximum Gasteiger partial charge on any atom is 0.0155 e. The van der Waals surface area contributed by atoms with Crippen LogP contribution in [0, 0.1) is 11.3 Å². The second kappa shape index (κ2) is 2.75. The Balaban J connectivity index is 2.20. The van der Waals surface area contributed by atoms with E-state index in [4.69, 9.17) is 0 Å². The summed E-state index contributed by atoms with van der Waals surface area (Å²) in [7, 11) is 0. The van der Waals surface area contributed by atoms with Crippen molar-refractivity contribution in [1.29, 1.82) is 0 Å². The number of piperidine rings is 1. The molecule has 1 saturated heterocycles. The zero-order valence-electron chi connectivity index (χ0n) is 10.6. The maximum atomic E-state index is 2.79. The summed E-state index contributed by atoms with van der Waals surface area (Å²) in [6.45, 7) is 14.3. The number of hydrogen-bond donors (Lipinski definition) is 0. The van der Waals surface area contributed by atoms with E-state index < -0.39 is 0 Å². The Morgan fingerprint density at radius 1 is 0.929 bits per heavy atom. The van der Waals surface area contributed by atoms with Gasteiger partial charge in [0, 0.05) is 17.6 Å². The number of likely N-dealkylation sites (tertiary alicyclic amines) is 1. The Morgan fingerprint density at radius 2 is 1.50 bits per heavy atom. The Hall–Kier alpha value is -0.0400. The summed E-state index contributed by atoms with van der Waals surface area (Å²) in [5.41, 5.74) is 0.800. The van der Waals surface area contributed by atoms with Gasteiger partial charge in [0.1, 0.15) is 0 Å². The quantitative estimate of drug-likeness (QED) is 0.573. The number of rotatable bonds is 0. The van der Waals surface area contributed by atoms with Crippen molar-refractivity contribution in [2.24, 2.45) is 11.3 Å². The molecule has 0 radical (unpaired) electrons. The molecular formula is C13H25N. The lowest BCUT2D eigenvalue weighted by molar-refractivity contribution is 0.0363. The molecule has 2 rings (SSSR count). The summed E-state index contributed by atoms with van der Waals surface area (Å²) >= 11 is 0. The van der Waals surface area contributed by atoms with Crippen molar-refractivity contribution in [2.45, 2.75) is 72.0 Å². The van der Waals surface area contributed by atoms with Crippen molar-refractivity contribution in [3.63, 3.8) is 0 Å². The SMILES string of the molecule is CC(C)(C)[C@@H]1C[C@@H]2C[C@@H]2N1C(C)(C)C. The predicted octanol–water partition coefficient (Wildman–Crippen LogP) is 3.29. The molecule has 0 amide bonds. The van der Waals surface area contributed by atoms with E-state index in [9.17, 15) is 0 Å². The third-order valence-electron chi connectivity index (χ3n) is 3.88. The number of fused-ring (bicyclic) bond motifs is 1. The minimum atomic E-state index is 0.355.